The maximum atomic E-state index is 7.70. The van der Waals surface area contributed by atoms with E-state index < -0.39 is 6.02 Å². The molecule has 4 heteroatoms. The lowest BCUT2D eigenvalue weighted by Crippen LogP contribution is -2.18. The van der Waals surface area contributed by atoms with Gasteiger partial charge in [0.2, 0.25) is 0 Å². The molecular formula is C12H20ClNO2. The van der Waals surface area contributed by atoms with Crippen LogP contribution in [0.25, 0.3) is 0 Å². The molecule has 1 aromatic rings. The molecule has 1 aromatic carbocycles. The molecule has 0 amide bonds. The van der Waals surface area contributed by atoms with Gasteiger partial charge in [-0.05, 0) is 43.5 Å². The predicted molar refractivity (Wildman–Crippen MR) is 68.9 cm³/mol. The highest BCUT2D eigenvalue weighted by molar-refractivity contribution is 5.85. The van der Waals surface area contributed by atoms with Gasteiger partial charge in [-0.15, -0.1) is 12.4 Å². The molecule has 0 saturated heterocycles. The third kappa shape index (κ3) is 3.58. The molecule has 0 heterocycles. The van der Waals surface area contributed by atoms with Gasteiger partial charge in [-0.25, -0.2) is 0 Å². The summed E-state index contributed by atoms with van der Waals surface area (Å²) < 4.78 is 18.2. The highest BCUT2D eigenvalue weighted by Crippen LogP contribution is 2.28. The Morgan fingerprint density at radius 1 is 1.31 bits per heavy atom. The summed E-state index contributed by atoms with van der Waals surface area (Å²) in [5, 5.41) is 0. The second kappa shape index (κ2) is 6.61. The first kappa shape index (κ1) is 13.1. The van der Waals surface area contributed by atoms with Crippen molar-refractivity contribution in [2.45, 2.75) is 26.3 Å². The monoisotopic (exact) mass is 246 g/mol. The molecule has 0 bridgehead atoms. The molecule has 0 spiro atoms. The summed E-state index contributed by atoms with van der Waals surface area (Å²) in [6.07, 6.45) is 0.423. The number of halogens is 1. The Labute approximate surface area is 105 Å². The Kier molecular flexibility index (Phi) is 5.43. The molecule has 0 aliphatic heterocycles. The predicted octanol–water partition coefficient (Wildman–Crippen LogP) is 2.32. The Morgan fingerprint density at radius 2 is 1.88 bits per heavy atom. The molecule has 1 unspecified atom stereocenters. The van der Waals surface area contributed by atoms with Crippen molar-refractivity contribution in [2.75, 3.05) is 14.2 Å². The number of hydrogen-bond donors (Lipinski definition) is 1. The van der Waals surface area contributed by atoms with Crippen LogP contribution in [-0.2, 0) is 6.42 Å². The first-order chi connectivity index (χ1) is 7.37. The fraction of sp³-hybridized carbons (Fsp3) is 0.500. The topological polar surface area (TPSA) is 44.5 Å². The molecule has 3 nitrogen and oxygen atoms in total. The quantitative estimate of drug-likeness (QED) is 0.887. The maximum absolute atomic E-state index is 7.70. The van der Waals surface area contributed by atoms with Crippen molar-refractivity contribution < 1.29 is 10.8 Å². The fourth-order valence-corrected chi connectivity index (χ4v) is 1.55. The van der Waals surface area contributed by atoms with Gasteiger partial charge in [0.15, 0.2) is 0 Å². The number of benzene rings is 1. The zero-order valence-corrected chi connectivity index (χ0v) is 11.0. The standard InChI is InChI=1S/C12H19NO2.ClH/c1-8-5-12(15-4)10(6-9(2)13)7-11(8)14-3;/h5,7,9H,6,13H2,1-4H3;1H/i9D;. The summed E-state index contributed by atoms with van der Waals surface area (Å²) in [4.78, 5) is 0. The summed E-state index contributed by atoms with van der Waals surface area (Å²) in [5.74, 6) is 1.54. The molecule has 1 rings (SSSR count). The smallest absolute Gasteiger partial charge is 0.122 e. The van der Waals surface area contributed by atoms with Crippen molar-refractivity contribution in [2.24, 2.45) is 5.73 Å². The van der Waals surface area contributed by atoms with Gasteiger partial charge in [0.25, 0.3) is 0 Å². The van der Waals surface area contributed by atoms with Gasteiger partial charge in [-0.3, -0.25) is 0 Å². The van der Waals surface area contributed by atoms with E-state index in [-0.39, 0.29) is 12.4 Å². The van der Waals surface area contributed by atoms with E-state index in [1.54, 1.807) is 21.1 Å². The lowest BCUT2D eigenvalue weighted by atomic mass is 10.0. The third-order valence-electron chi connectivity index (χ3n) is 2.27. The van der Waals surface area contributed by atoms with Crippen LogP contribution in [0.15, 0.2) is 12.1 Å². The van der Waals surface area contributed by atoms with Gasteiger partial charge in [0.1, 0.15) is 11.5 Å². The molecular weight excluding hydrogens is 226 g/mol. The van der Waals surface area contributed by atoms with Crippen molar-refractivity contribution in [1.29, 1.82) is 0 Å². The van der Waals surface area contributed by atoms with Crippen LogP contribution in [0, 0.1) is 6.92 Å². The lowest BCUT2D eigenvalue weighted by molar-refractivity contribution is 0.395. The second-order valence-electron chi connectivity index (χ2n) is 3.66. The lowest BCUT2D eigenvalue weighted by Gasteiger charge is -2.14. The molecule has 0 radical (unpaired) electrons. The number of methoxy groups -OCH3 is 2. The number of aryl methyl sites for hydroxylation is 1. The van der Waals surface area contributed by atoms with Crippen LogP contribution >= 0.6 is 12.4 Å². The Hall–Kier alpha value is -0.930. The van der Waals surface area contributed by atoms with E-state index in [4.69, 9.17) is 16.6 Å². The van der Waals surface area contributed by atoms with Crippen molar-refractivity contribution in [3.8, 4) is 11.5 Å². The van der Waals surface area contributed by atoms with Crippen molar-refractivity contribution >= 4 is 12.4 Å². The van der Waals surface area contributed by atoms with Gasteiger partial charge in [-0.1, -0.05) is 0 Å². The van der Waals surface area contributed by atoms with E-state index in [1.165, 1.54) is 0 Å². The van der Waals surface area contributed by atoms with E-state index in [2.05, 4.69) is 0 Å². The van der Waals surface area contributed by atoms with Gasteiger partial charge in [-0.2, -0.15) is 0 Å². The SMILES string of the molecule is Cl.[2H]C(C)(N)Cc1cc(OC)c(C)cc1OC. The molecule has 0 aliphatic carbocycles. The minimum absolute atomic E-state index is 0. The second-order valence-corrected chi connectivity index (χ2v) is 3.66. The molecule has 1 atom stereocenters. The highest BCUT2D eigenvalue weighted by Gasteiger charge is 2.09. The van der Waals surface area contributed by atoms with Crippen LogP contribution in [0.4, 0.5) is 0 Å². The summed E-state index contributed by atoms with van der Waals surface area (Å²) >= 11 is 0. The molecule has 0 aliphatic rings. The Balaban J connectivity index is 0.00000256. The maximum Gasteiger partial charge on any atom is 0.122 e. The van der Waals surface area contributed by atoms with E-state index in [1.807, 2.05) is 19.1 Å². The van der Waals surface area contributed by atoms with Crippen LogP contribution in [0.3, 0.4) is 0 Å². The van der Waals surface area contributed by atoms with E-state index in [9.17, 15) is 0 Å². The average molecular weight is 247 g/mol. The summed E-state index contributed by atoms with van der Waals surface area (Å²) in [6.45, 7) is 3.62. The van der Waals surface area contributed by atoms with Crippen molar-refractivity contribution in [3.05, 3.63) is 23.3 Å². The van der Waals surface area contributed by atoms with Crippen LogP contribution in [0.1, 0.15) is 19.4 Å². The molecule has 2 N–H and O–H groups in total. The van der Waals surface area contributed by atoms with Gasteiger partial charge in [0, 0.05) is 7.39 Å². The molecule has 92 valence electrons. The van der Waals surface area contributed by atoms with E-state index >= 15 is 0 Å². The number of ether oxygens (including phenoxy) is 2. The van der Waals surface area contributed by atoms with E-state index in [0.29, 0.717) is 6.42 Å². The normalized spacial score (nSPS) is 14.4. The van der Waals surface area contributed by atoms with Crippen molar-refractivity contribution in [3.63, 3.8) is 0 Å². The van der Waals surface area contributed by atoms with Crippen molar-refractivity contribution in [1.82, 2.24) is 0 Å². The number of hydrogen-bond acceptors (Lipinski definition) is 3. The minimum Gasteiger partial charge on any atom is -0.496 e. The van der Waals surface area contributed by atoms with Gasteiger partial charge >= 0.3 is 0 Å². The number of nitrogens with two attached hydrogens (primary N) is 1. The third-order valence-corrected chi connectivity index (χ3v) is 2.27. The summed E-state index contributed by atoms with van der Waals surface area (Å²) in [7, 11) is 3.24. The first-order valence-corrected chi connectivity index (χ1v) is 4.88. The summed E-state index contributed by atoms with van der Waals surface area (Å²) in [6, 6.07) is 2.78. The van der Waals surface area contributed by atoms with Gasteiger partial charge < -0.3 is 15.2 Å². The Bertz CT molecular complexity index is 378. The highest BCUT2D eigenvalue weighted by atomic mass is 35.5. The fourth-order valence-electron chi connectivity index (χ4n) is 1.55. The molecule has 0 aromatic heterocycles. The molecule has 0 fully saturated rings. The van der Waals surface area contributed by atoms with Crippen LogP contribution < -0.4 is 15.2 Å². The van der Waals surface area contributed by atoms with Crippen LogP contribution in [0.5, 0.6) is 11.5 Å². The molecule has 16 heavy (non-hydrogen) atoms. The minimum atomic E-state index is -1.01. The Morgan fingerprint density at radius 3 is 2.31 bits per heavy atom. The number of rotatable bonds is 4. The largest absolute Gasteiger partial charge is 0.496 e. The first-order valence-electron chi connectivity index (χ1n) is 5.38. The summed E-state index contributed by atoms with van der Waals surface area (Å²) in [5.41, 5.74) is 7.59. The van der Waals surface area contributed by atoms with E-state index in [0.717, 1.165) is 22.6 Å². The van der Waals surface area contributed by atoms with Gasteiger partial charge in [0.05, 0.1) is 14.2 Å². The molecule has 0 saturated carbocycles. The van der Waals surface area contributed by atoms with Crippen LogP contribution in [-0.4, -0.2) is 20.2 Å². The zero-order valence-electron chi connectivity index (χ0n) is 11.2. The average Bonchev–Trinajstić information content (AvgIpc) is 2.18. The zero-order chi connectivity index (χ0) is 12.3. The van der Waals surface area contributed by atoms with Crippen LogP contribution in [0.2, 0.25) is 0 Å².